The van der Waals surface area contributed by atoms with E-state index in [1.807, 2.05) is 6.07 Å². The SMILES string of the molecule is O=C(CNS(=O)(=O)c1ccc(F)cc1)N1CCN(S(=O)(=O)Cc2ccccc2)CC1. The van der Waals surface area contributed by atoms with Crippen molar-refractivity contribution in [2.75, 3.05) is 32.7 Å². The highest BCUT2D eigenvalue weighted by molar-refractivity contribution is 7.89. The van der Waals surface area contributed by atoms with Gasteiger partial charge in [0.2, 0.25) is 26.0 Å². The van der Waals surface area contributed by atoms with Crippen LogP contribution in [0.25, 0.3) is 0 Å². The van der Waals surface area contributed by atoms with Crippen molar-refractivity contribution in [3.8, 4) is 0 Å². The van der Waals surface area contributed by atoms with E-state index in [2.05, 4.69) is 4.72 Å². The summed E-state index contributed by atoms with van der Waals surface area (Å²) in [4.78, 5) is 13.6. The van der Waals surface area contributed by atoms with Crippen LogP contribution in [-0.4, -0.2) is 64.7 Å². The van der Waals surface area contributed by atoms with E-state index < -0.39 is 38.3 Å². The van der Waals surface area contributed by atoms with Gasteiger partial charge in [-0.3, -0.25) is 4.79 Å². The number of piperazine rings is 1. The minimum atomic E-state index is -3.95. The summed E-state index contributed by atoms with van der Waals surface area (Å²) in [5, 5.41) is 0. The predicted molar refractivity (Wildman–Crippen MR) is 109 cm³/mol. The standard InChI is InChI=1S/C19H22FN3O5S2/c20-17-6-8-18(9-7-17)30(27,28)21-14-19(24)22-10-12-23(13-11-22)29(25,26)15-16-4-2-1-3-5-16/h1-9,21H,10-15H2. The van der Waals surface area contributed by atoms with Crippen LogP contribution in [0.15, 0.2) is 59.5 Å². The lowest BCUT2D eigenvalue weighted by Crippen LogP contribution is -2.52. The Labute approximate surface area is 175 Å². The first-order valence-corrected chi connectivity index (χ1v) is 12.3. The average Bonchev–Trinajstić information content (AvgIpc) is 2.73. The molecule has 1 aliphatic rings. The Hall–Kier alpha value is -2.34. The van der Waals surface area contributed by atoms with E-state index in [0.29, 0.717) is 5.56 Å². The molecule has 0 bridgehead atoms. The summed E-state index contributed by atoms with van der Waals surface area (Å²) in [7, 11) is -7.46. The maximum absolute atomic E-state index is 12.9. The second-order valence-corrected chi connectivity index (χ2v) is 10.5. The van der Waals surface area contributed by atoms with Crippen LogP contribution in [0.1, 0.15) is 5.56 Å². The van der Waals surface area contributed by atoms with Gasteiger partial charge in [-0.1, -0.05) is 30.3 Å². The van der Waals surface area contributed by atoms with Gasteiger partial charge in [-0.25, -0.2) is 25.9 Å². The highest BCUT2D eigenvalue weighted by Gasteiger charge is 2.29. The van der Waals surface area contributed by atoms with Gasteiger partial charge < -0.3 is 4.90 Å². The number of hydrogen-bond acceptors (Lipinski definition) is 5. The fourth-order valence-electron chi connectivity index (χ4n) is 3.06. The summed E-state index contributed by atoms with van der Waals surface area (Å²) in [6.07, 6.45) is 0. The van der Waals surface area contributed by atoms with E-state index in [1.165, 1.54) is 9.21 Å². The summed E-state index contributed by atoms with van der Waals surface area (Å²) < 4.78 is 66.0. The third-order valence-electron chi connectivity index (χ3n) is 4.71. The fourth-order valence-corrected chi connectivity index (χ4v) is 5.55. The first kappa shape index (κ1) is 22.3. The van der Waals surface area contributed by atoms with Crippen LogP contribution in [0, 0.1) is 5.82 Å². The second kappa shape index (κ2) is 9.21. The molecule has 1 N–H and O–H groups in total. The minimum Gasteiger partial charge on any atom is -0.339 e. The summed E-state index contributed by atoms with van der Waals surface area (Å²) in [5.41, 5.74) is 0.686. The maximum Gasteiger partial charge on any atom is 0.241 e. The second-order valence-electron chi connectivity index (χ2n) is 6.80. The van der Waals surface area contributed by atoms with Crippen LogP contribution in [0.5, 0.6) is 0 Å². The van der Waals surface area contributed by atoms with Gasteiger partial charge >= 0.3 is 0 Å². The number of nitrogens with one attached hydrogen (secondary N) is 1. The van der Waals surface area contributed by atoms with Crippen LogP contribution in [0.4, 0.5) is 4.39 Å². The summed E-state index contributed by atoms with van der Waals surface area (Å²) in [6.45, 7) is 0.171. The molecule has 1 heterocycles. The van der Waals surface area contributed by atoms with Crippen LogP contribution < -0.4 is 4.72 Å². The van der Waals surface area contributed by atoms with Crippen molar-refractivity contribution in [3.63, 3.8) is 0 Å². The van der Waals surface area contributed by atoms with Gasteiger partial charge in [0.05, 0.1) is 17.2 Å². The number of carbonyl (C=O) groups is 1. The zero-order valence-electron chi connectivity index (χ0n) is 16.1. The van der Waals surface area contributed by atoms with Gasteiger partial charge in [0.25, 0.3) is 0 Å². The zero-order chi connectivity index (χ0) is 21.8. The number of benzene rings is 2. The lowest BCUT2D eigenvalue weighted by Gasteiger charge is -2.34. The Bertz CT molecular complexity index is 1080. The Morgan fingerprint density at radius 2 is 1.50 bits per heavy atom. The Kier molecular flexibility index (Phi) is 6.86. The first-order valence-electron chi connectivity index (χ1n) is 9.22. The van der Waals surface area contributed by atoms with Crippen LogP contribution in [-0.2, 0) is 30.6 Å². The number of halogens is 1. The van der Waals surface area contributed by atoms with Gasteiger partial charge in [-0.15, -0.1) is 0 Å². The molecule has 1 aliphatic heterocycles. The molecule has 1 fully saturated rings. The molecule has 2 aromatic rings. The summed E-state index contributed by atoms with van der Waals surface area (Å²) in [6, 6.07) is 13.1. The number of sulfonamides is 2. The number of amides is 1. The lowest BCUT2D eigenvalue weighted by molar-refractivity contribution is -0.131. The molecule has 0 atom stereocenters. The molecule has 1 amide bonds. The Morgan fingerprint density at radius 3 is 2.10 bits per heavy atom. The van der Waals surface area contributed by atoms with E-state index >= 15 is 0 Å². The van der Waals surface area contributed by atoms with E-state index in [1.54, 1.807) is 24.3 Å². The van der Waals surface area contributed by atoms with Gasteiger partial charge in [0, 0.05) is 26.2 Å². The van der Waals surface area contributed by atoms with Crippen molar-refractivity contribution in [2.45, 2.75) is 10.6 Å². The minimum absolute atomic E-state index is 0.112. The fraction of sp³-hybridized carbons (Fsp3) is 0.316. The van der Waals surface area contributed by atoms with E-state index in [9.17, 15) is 26.0 Å². The number of nitrogens with zero attached hydrogens (tertiary/aromatic N) is 2. The van der Waals surface area contributed by atoms with Crippen LogP contribution >= 0.6 is 0 Å². The predicted octanol–water partition coefficient (Wildman–Crippen LogP) is 0.778. The number of carbonyl (C=O) groups excluding carboxylic acids is 1. The van der Waals surface area contributed by atoms with E-state index in [4.69, 9.17) is 0 Å². The molecule has 3 rings (SSSR count). The monoisotopic (exact) mass is 455 g/mol. The molecule has 0 unspecified atom stereocenters. The third-order valence-corrected chi connectivity index (χ3v) is 7.98. The normalized spacial score (nSPS) is 15.8. The molecule has 30 heavy (non-hydrogen) atoms. The molecule has 0 spiro atoms. The molecule has 0 radical (unpaired) electrons. The van der Waals surface area contributed by atoms with Crippen LogP contribution in [0.3, 0.4) is 0 Å². The topological polar surface area (TPSA) is 104 Å². The van der Waals surface area contributed by atoms with Gasteiger partial charge in [0.15, 0.2) is 0 Å². The van der Waals surface area contributed by atoms with E-state index in [0.717, 1.165) is 24.3 Å². The molecule has 8 nitrogen and oxygen atoms in total. The van der Waals surface area contributed by atoms with Gasteiger partial charge in [0.1, 0.15) is 5.82 Å². The van der Waals surface area contributed by atoms with Crippen molar-refractivity contribution >= 4 is 26.0 Å². The Morgan fingerprint density at radius 1 is 0.900 bits per heavy atom. The Balaban J connectivity index is 1.52. The summed E-state index contributed by atoms with van der Waals surface area (Å²) >= 11 is 0. The van der Waals surface area contributed by atoms with Crippen molar-refractivity contribution in [2.24, 2.45) is 0 Å². The quantitative estimate of drug-likeness (QED) is 0.665. The molecule has 11 heteroatoms. The van der Waals surface area contributed by atoms with Crippen molar-refractivity contribution in [3.05, 3.63) is 66.0 Å². The molecular weight excluding hydrogens is 433 g/mol. The van der Waals surface area contributed by atoms with Gasteiger partial charge in [-0.2, -0.15) is 4.31 Å². The molecule has 0 aliphatic carbocycles. The third kappa shape index (κ3) is 5.63. The highest BCUT2D eigenvalue weighted by atomic mass is 32.2. The molecule has 0 saturated carbocycles. The lowest BCUT2D eigenvalue weighted by atomic mass is 10.2. The molecule has 0 aromatic heterocycles. The highest BCUT2D eigenvalue weighted by Crippen LogP contribution is 2.14. The zero-order valence-corrected chi connectivity index (χ0v) is 17.7. The molecular formula is C19H22FN3O5S2. The van der Waals surface area contributed by atoms with Crippen molar-refractivity contribution < 1.29 is 26.0 Å². The number of rotatable bonds is 7. The summed E-state index contributed by atoms with van der Waals surface area (Å²) in [5.74, 6) is -1.13. The average molecular weight is 456 g/mol. The molecule has 2 aromatic carbocycles. The number of hydrogen-bond donors (Lipinski definition) is 1. The molecule has 162 valence electrons. The van der Waals surface area contributed by atoms with Crippen molar-refractivity contribution in [1.82, 2.24) is 13.9 Å². The van der Waals surface area contributed by atoms with Crippen molar-refractivity contribution in [1.29, 1.82) is 0 Å². The first-order chi connectivity index (χ1) is 14.2. The molecule has 1 saturated heterocycles. The maximum atomic E-state index is 12.9. The smallest absolute Gasteiger partial charge is 0.241 e. The van der Waals surface area contributed by atoms with E-state index in [-0.39, 0.29) is 36.8 Å². The van der Waals surface area contributed by atoms with Crippen LogP contribution in [0.2, 0.25) is 0 Å². The van der Waals surface area contributed by atoms with Gasteiger partial charge in [-0.05, 0) is 29.8 Å². The largest absolute Gasteiger partial charge is 0.339 e.